The molecule has 0 aliphatic heterocycles. The van der Waals surface area contributed by atoms with Crippen LogP contribution >= 0.6 is 0 Å². The van der Waals surface area contributed by atoms with Crippen molar-refractivity contribution in [3.63, 3.8) is 0 Å². The van der Waals surface area contributed by atoms with Crippen molar-refractivity contribution in [1.29, 1.82) is 0 Å². The van der Waals surface area contributed by atoms with Crippen LogP contribution in [0.25, 0.3) is 0 Å². The molecule has 2 aliphatic rings. The second kappa shape index (κ2) is 3.94. The topological polar surface area (TPSA) is 17.1 Å². The van der Waals surface area contributed by atoms with E-state index in [0.29, 0.717) is 5.78 Å². The molecule has 1 heteroatoms. The number of ketones is 1. The smallest absolute Gasteiger partial charge is 0.154 e. The minimum atomic E-state index is -0.0146. The number of fused-ring (bicyclic) bond motifs is 2. The average Bonchev–Trinajstić information content (AvgIpc) is 2.28. The average molecular weight is 244 g/mol. The van der Waals surface area contributed by atoms with Gasteiger partial charge in [0.25, 0.3) is 0 Å². The molecule has 0 N–H and O–H groups in total. The zero-order valence-electron chi connectivity index (χ0n) is 12.4. The summed E-state index contributed by atoms with van der Waals surface area (Å²) >= 11 is 0. The molecule has 0 heterocycles. The Kier molecular flexibility index (Phi) is 2.92. The van der Waals surface area contributed by atoms with Gasteiger partial charge in [-0.1, -0.05) is 65.8 Å². The highest BCUT2D eigenvalue weighted by molar-refractivity contribution is 5.96. The fraction of sp³-hybridized carbons (Fsp3) is 0.588. The molecule has 0 aromatic carbocycles. The molecule has 1 nitrogen and oxygen atoms in total. The number of carbonyl (C=O) groups excluding carboxylic acids is 1. The lowest BCUT2D eigenvalue weighted by atomic mass is 9.72. The molecule has 0 saturated heterocycles. The Morgan fingerprint density at radius 3 is 1.39 bits per heavy atom. The number of rotatable bonds is 0. The molecule has 98 valence electrons. The number of carbonyl (C=O) groups is 1. The summed E-state index contributed by atoms with van der Waals surface area (Å²) in [6.45, 7) is 13.3. The third kappa shape index (κ3) is 2.00. The Balaban J connectivity index is 2.70. The van der Waals surface area contributed by atoms with Gasteiger partial charge in [0.05, 0.1) is 11.8 Å². The SMILES string of the molecule is CC(C)(C)C1=C(C(C)(C)C)C2C=CC=CC1C2=O. The lowest BCUT2D eigenvalue weighted by Gasteiger charge is -2.32. The Hall–Kier alpha value is -1.11. The molecule has 2 aliphatic carbocycles. The van der Waals surface area contributed by atoms with Crippen molar-refractivity contribution in [2.24, 2.45) is 22.7 Å². The van der Waals surface area contributed by atoms with E-state index in [-0.39, 0.29) is 22.7 Å². The summed E-state index contributed by atoms with van der Waals surface area (Å²) in [6.07, 6.45) is 8.18. The van der Waals surface area contributed by atoms with Gasteiger partial charge in [-0.25, -0.2) is 0 Å². The lowest BCUT2D eigenvalue weighted by molar-refractivity contribution is -0.121. The highest BCUT2D eigenvalue weighted by atomic mass is 16.1. The molecule has 2 atom stereocenters. The molecule has 0 amide bonds. The van der Waals surface area contributed by atoms with Gasteiger partial charge in [-0.05, 0) is 22.0 Å². The molecule has 0 fully saturated rings. The fourth-order valence-electron chi connectivity index (χ4n) is 3.29. The summed E-state index contributed by atoms with van der Waals surface area (Å²) in [5, 5.41) is 0. The van der Waals surface area contributed by atoms with E-state index in [1.54, 1.807) is 0 Å². The van der Waals surface area contributed by atoms with Crippen LogP contribution in [0, 0.1) is 22.7 Å². The van der Waals surface area contributed by atoms with Gasteiger partial charge in [0.1, 0.15) is 0 Å². The van der Waals surface area contributed by atoms with Crippen LogP contribution in [0.1, 0.15) is 41.5 Å². The summed E-state index contributed by atoms with van der Waals surface area (Å²) in [7, 11) is 0. The fourth-order valence-corrected chi connectivity index (χ4v) is 3.29. The van der Waals surface area contributed by atoms with Crippen LogP contribution in [0.3, 0.4) is 0 Å². The monoisotopic (exact) mass is 244 g/mol. The number of Topliss-reactive ketones (excluding diaryl/α,β-unsaturated/α-hetero) is 1. The van der Waals surface area contributed by atoms with E-state index in [2.05, 4.69) is 53.7 Å². The lowest BCUT2D eigenvalue weighted by Crippen LogP contribution is -2.21. The summed E-state index contributed by atoms with van der Waals surface area (Å²) in [5.41, 5.74) is 2.77. The standard InChI is InChI=1S/C17H24O/c1-16(2,3)13-11-9-7-8-10-12(15(11)18)14(13)17(4,5)6/h7-12H,1-6H3. The van der Waals surface area contributed by atoms with Gasteiger partial charge in [0.15, 0.2) is 5.78 Å². The van der Waals surface area contributed by atoms with Crippen molar-refractivity contribution in [3.8, 4) is 0 Å². The van der Waals surface area contributed by atoms with E-state index < -0.39 is 0 Å². The Morgan fingerprint density at radius 2 is 1.11 bits per heavy atom. The summed E-state index contributed by atoms with van der Waals surface area (Å²) in [5.74, 6) is 0.327. The molecule has 18 heavy (non-hydrogen) atoms. The summed E-state index contributed by atoms with van der Waals surface area (Å²) < 4.78 is 0. The van der Waals surface area contributed by atoms with Crippen LogP contribution in [0.4, 0.5) is 0 Å². The maximum atomic E-state index is 12.6. The van der Waals surface area contributed by atoms with Gasteiger partial charge in [-0.2, -0.15) is 0 Å². The first kappa shape index (κ1) is 13.3. The van der Waals surface area contributed by atoms with Gasteiger partial charge in [-0.15, -0.1) is 0 Å². The molecular formula is C17H24O. The second-order valence-electron chi connectivity index (χ2n) is 7.45. The Labute approximate surface area is 111 Å². The van der Waals surface area contributed by atoms with E-state index >= 15 is 0 Å². The summed E-state index contributed by atoms with van der Waals surface area (Å²) in [6, 6.07) is 0. The predicted octanol–water partition coefficient (Wildman–Crippen LogP) is 4.32. The van der Waals surface area contributed by atoms with Crippen molar-refractivity contribution in [2.45, 2.75) is 41.5 Å². The van der Waals surface area contributed by atoms with E-state index in [1.165, 1.54) is 11.1 Å². The molecule has 0 aromatic heterocycles. The normalized spacial score (nSPS) is 28.0. The molecule has 2 rings (SSSR count). The van der Waals surface area contributed by atoms with Crippen LogP contribution < -0.4 is 0 Å². The minimum absolute atomic E-state index is 0.0146. The highest BCUT2D eigenvalue weighted by Crippen LogP contribution is 2.51. The predicted molar refractivity (Wildman–Crippen MR) is 76.2 cm³/mol. The number of hydrogen-bond acceptors (Lipinski definition) is 1. The van der Waals surface area contributed by atoms with E-state index in [1.807, 2.05) is 12.2 Å². The van der Waals surface area contributed by atoms with Gasteiger partial charge >= 0.3 is 0 Å². The zero-order chi connectivity index (χ0) is 13.7. The first-order chi connectivity index (χ1) is 8.14. The van der Waals surface area contributed by atoms with Crippen LogP contribution in [-0.4, -0.2) is 5.78 Å². The van der Waals surface area contributed by atoms with Crippen LogP contribution in [0.15, 0.2) is 35.5 Å². The Bertz CT molecular complexity index is 419. The Morgan fingerprint density at radius 1 is 0.778 bits per heavy atom. The minimum Gasteiger partial charge on any atom is -0.298 e. The third-order valence-corrected chi connectivity index (χ3v) is 3.86. The first-order valence-corrected chi connectivity index (χ1v) is 6.78. The number of hydrogen-bond donors (Lipinski definition) is 0. The molecule has 2 bridgehead atoms. The largest absolute Gasteiger partial charge is 0.298 e. The van der Waals surface area contributed by atoms with Crippen molar-refractivity contribution in [1.82, 2.24) is 0 Å². The van der Waals surface area contributed by atoms with Crippen LogP contribution in [0.2, 0.25) is 0 Å². The van der Waals surface area contributed by atoms with E-state index in [9.17, 15) is 4.79 Å². The van der Waals surface area contributed by atoms with Crippen molar-refractivity contribution in [3.05, 3.63) is 35.5 Å². The van der Waals surface area contributed by atoms with Gasteiger partial charge < -0.3 is 0 Å². The third-order valence-electron chi connectivity index (χ3n) is 3.86. The molecular weight excluding hydrogens is 220 g/mol. The van der Waals surface area contributed by atoms with Crippen LogP contribution in [0.5, 0.6) is 0 Å². The maximum Gasteiger partial charge on any atom is 0.154 e. The molecule has 0 saturated carbocycles. The first-order valence-electron chi connectivity index (χ1n) is 6.78. The van der Waals surface area contributed by atoms with Gasteiger partial charge in [0.2, 0.25) is 0 Å². The van der Waals surface area contributed by atoms with Gasteiger partial charge in [-0.3, -0.25) is 4.79 Å². The van der Waals surface area contributed by atoms with E-state index in [4.69, 9.17) is 0 Å². The van der Waals surface area contributed by atoms with Crippen molar-refractivity contribution < 1.29 is 4.79 Å². The van der Waals surface area contributed by atoms with Gasteiger partial charge in [0, 0.05) is 0 Å². The molecule has 0 radical (unpaired) electrons. The molecule has 0 aromatic rings. The highest BCUT2D eigenvalue weighted by Gasteiger charge is 2.46. The maximum absolute atomic E-state index is 12.6. The molecule has 2 unspecified atom stereocenters. The second-order valence-corrected chi connectivity index (χ2v) is 7.45. The van der Waals surface area contributed by atoms with Crippen molar-refractivity contribution >= 4 is 5.78 Å². The number of allylic oxidation sites excluding steroid dienone is 6. The van der Waals surface area contributed by atoms with E-state index in [0.717, 1.165) is 0 Å². The zero-order valence-corrected chi connectivity index (χ0v) is 12.4. The van der Waals surface area contributed by atoms with Crippen LogP contribution in [-0.2, 0) is 4.79 Å². The quantitative estimate of drug-likeness (QED) is 0.580. The molecule has 0 spiro atoms. The van der Waals surface area contributed by atoms with Crippen molar-refractivity contribution in [2.75, 3.05) is 0 Å². The summed E-state index contributed by atoms with van der Waals surface area (Å²) in [4.78, 5) is 12.6.